The van der Waals surface area contributed by atoms with Gasteiger partial charge in [0.1, 0.15) is 0 Å². The lowest BCUT2D eigenvalue weighted by atomic mass is 10.1. The largest absolute Gasteiger partial charge is 0.351 e. The second kappa shape index (κ2) is 6.88. The Bertz CT molecular complexity index is 615. The molecular weight excluding hydrogens is 272 g/mol. The van der Waals surface area contributed by atoms with E-state index in [2.05, 4.69) is 52.9 Å². The Hall–Kier alpha value is -1.94. The van der Waals surface area contributed by atoms with E-state index in [0.29, 0.717) is 6.04 Å². The molecule has 1 aromatic carbocycles. The Labute approximate surface area is 132 Å². The molecule has 2 aromatic rings. The highest BCUT2D eigenvalue weighted by Crippen LogP contribution is 2.21. The van der Waals surface area contributed by atoms with Gasteiger partial charge in [-0.3, -0.25) is 0 Å². The smallest absolute Gasteiger partial charge is 0.223 e. The summed E-state index contributed by atoms with van der Waals surface area (Å²) >= 11 is 0. The minimum Gasteiger partial charge on any atom is -0.351 e. The van der Waals surface area contributed by atoms with Crippen LogP contribution in [-0.4, -0.2) is 29.1 Å². The summed E-state index contributed by atoms with van der Waals surface area (Å²) in [7, 11) is 0. The number of aromatic nitrogens is 2. The van der Waals surface area contributed by atoms with E-state index in [1.54, 1.807) is 0 Å². The van der Waals surface area contributed by atoms with Gasteiger partial charge in [0.15, 0.2) is 0 Å². The van der Waals surface area contributed by atoms with Crippen LogP contribution in [0.25, 0.3) is 11.3 Å². The van der Waals surface area contributed by atoms with Gasteiger partial charge in [0.2, 0.25) is 5.95 Å². The maximum absolute atomic E-state index is 4.71. The zero-order valence-corrected chi connectivity index (χ0v) is 13.4. The minimum absolute atomic E-state index is 0.471. The second-order valence-corrected chi connectivity index (χ2v) is 5.94. The first-order valence-corrected chi connectivity index (χ1v) is 8.17. The molecule has 0 bridgehead atoms. The summed E-state index contributed by atoms with van der Waals surface area (Å²) in [5.41, 5.74) is 4.49. The Morgan fingerprint density at radius 3 is 2.55 bits per heavy atom. The van der Waals surface area contributed by atoms with E-state index in [-0.39, 0.29) is 0 Å². The summed E-state index contributed by atoms with van der Waals surface area (Å²) in [6, 6.07) is 11.2. The predicted octanol–water partition coefficient (Wildman–Crippen LogP) is 3.18. The van der Waals surface area contributed by atoms with E-state index in [1.165, 1.54) is 5.56 Å². The van der Waals surface area contributed by atoms with Crippen LogP contribution in [0.2, 0.25) is 0 Å². The quantitative estimate of drug-likeness (QED) is 0.910. The third-order valence-corrected chi connectivity index (χ3v) is 4.18. The Balaban J connectivity index is 1.81. The summed E-state index contributed by atoms with van der Waals surface area (Å²) in [5, 5.41) is 6.87. The maximum atomic E-state index is 4.71. The van der Waals surface area contributed by atoms with E-state index < -0.39 is 0 Å². The van der Waals surface area contributed by atoms with Crippen LogP contribution in [0.1, 0.15) is 31.0 Å². The lowest BCUT2D eigenvalue weighted by molar-refractivity contribution is 0.477. The van der Waals surface area contributed by atoms with Crippen LogP contribution in [0.15, 0.2) is 30.3 Å². The van der Waals surface area contributed by atoms with Crippen LogP contribution in [0.4, 0.5) is 5.95 Å². The van der Waals surface area contributed by atoms with Crippen molar-refractivity contribution in [1.82, 2.24) is 15.3 Å². The second-order valence-electron chi connectivity index (χ2n) is 5.94. The van der Waals surface area contributed by atoms with Gasteiger partial charge in [-0.25, -0.2) is 9.97 Å². The van der Waals surface area contributed by atoms with Crippen molar-refractivity contribution in [2.75, 3.05) is 18.4 Å². The highest BCUT2D eigenvalue weighted by Gasteiger charge is 2.14. The molecule has 116 valence electrons. The van der Waals surface area contributed by atoms with E-state index in [1.807, 2.05) is 6.92 Å². The van der Waals surface area contributed by atoms with Crippen molar-refractivity contribution in [3.8, 4) is 11.3 Å². The number of benzene rings is 1. The number of piperidine rings is 1. The lowest BCUT2D eigenvalue weighted by Gasteiger charge is -2.23. The molecular formula is C18H24N4. The van der Waals surface area contributed by atoms with Crippen LogP contribution in [-0.2, 0) is 6.42 Å². The molecule has 0 unspecified atom stereocenters. The van der Waals surface area contributed by atoms with E-state index in [4.69, 9.17) is 4.98 Å². The topological polar surface area (TPSA) is 49.8 Å². The fourth-order valence-corrected chi connectivity index (χ4v) is 2.84. The average molecular weight is 296 g/mol. The number of aryl methyl sites for hydroxylation is 2. The average Bonchev–Trinajstić information content (AvgIpc) is 2.55. The number of nitrogens with zero attached hydrogens (tertiary/aromatic N) is 2. The molecule has 1 aromatic heterocycles. The maximum Gasteiger partial charge on any atom is 0.223 e. The molecule has 1 aliphatic rings. The van der Waals surface area contributed by atoms with Gasteiger partial charge in [-0.15, -0.1) is 0 Å². The summed E-state index contributed by atoms with van der Waals surface area (Å²) in [5.74, 6) is 0.751. The molecule has 0 atom stereocenters. The normalized spacial score (nSPS) is 15.7. The van der Waals surface area contributed by atoms with Crippen LogP contribution >= 0.6 is 0 Å². The first-order chi connectivity index (χ1) is 10.7. The molecule has 0 amide bonds. The number of nitrogens with one attached hydrogen (secondary N) is 2. The van der Waals surface area contributed by atoms with Gasteiger partial charge in [-0.1, -0.05) is 31.2 Å². The fraction of sp³-hybridized carbons (Fsp3) is 0.444. The van der Waals surface area contributed by atoms with Crippen molar-refractivity contribution >= 4 is 5.95 Å². The summed E-state index contributed by atoms with van der Waals surface area (Å²) in [4.78, 5) is 9.26. The number of rotatable bonds is 4. The Morgan fingerprint density at radius 2 is 1.86 bits per heavy atom. The fourth-order valence-electron chi connectivity index (χ4n) is 2.84. The Morgan fingerprint density at radius 1 is 1.14 bits per heavy atom. The molecule has 22 heavy (non-hydrogen) atoms. The van der Waals surface area contributed by atoms with Crippen LogP contribution < -0.4 is 10.6 Å². The third kappa shape index (κ3) is 3.63. The van der Waals surface area contributed by atoms with Gasteiger partial charge >= 0.3 is 0 Å². The van der Waals surface area contributed by atoms with Crippen molar-refractivity contribution in [1.29, 1.82) is 0 Å². The standard InChI is InChI=1S/C18H24N4/c1-3-14-4-6-15(7-5-14)17-12-13(2)20-18(22-17)21-16-8-10-19-11-9-16/h4-7,12,16,19H,3,8-11H2,1-2H3,(H,20,21,22). The molecule has 1 aliphatic heterocycles. The number of hydrogen-bond acceptors (Lipinski definition) is 4. The van der Waals surface area contributed by atoms with Crippen molar-refractivity contribution in [3.05, 3.63) is 41.6 Å². The molecule has 1 saturated heterocycles. The highest BCUT2D eigenvalue weighted by molar-refractivity contribution is 5.61. The van der Waals surface area contributed by atoms with E-state index in [0.717, 1.165) is 55.3 Å². The molecule has 1 fully saturated rings. The molecule has 0 radical (unpaired) electrons. The van der Waals surface area contributed by atoms with Crippen LogP contribution in [0.3, 0.4) is 0 Å². The zero-order valence-electron chi connectivity index (χ0n) is 13.4. The van der Waals surface area contributed by atoms with Gasteiger partial charge in [0, 0.05) is 17.3 Å². The monoisotopic (exact) mass is 296 g/mol. The van der Waals surface area contributed by atoms with Gasteiger partial charge in [-0.2, -0.15) is 0 Å². The zero-order chi connectivity index (χ0) is 15.4. The summed E-state index contributed by atoms with van der Waals surface area (Å²) < 4.78 is 0. The number of hydrogen-bond donors (Lipinski definition) is 2. The van der Waals surface area contributed by atoms with Crippen molar-refractivity contribution in [2.45, 2.75) is 39.2 Å². The molecule has 0 spiro atoms. The summed E-state index contributed by atoms with van der Waals surface area (Å²) in [6.45, 7) is 6.33. The van der Waals surface area contributed by atoms with Crippen molar-refractivity contribution < 1.29 is 0 Å². The van der Waals surface area contributed by atoms with Crippen LogP contribution in [0.5, 0.6) is 0 Å². The van der Waals surface area contributed by atoms with Gasteiger partial charge in [-0.05, 0) is 50.9 Å². The van der Waals surface area contributed by atoms with E-state index in [9.17, 15) is 0 Å². The minimum atomic E-state index is 0.471. The summed E-state index contributed by atoms with van der Waals surface area (Å²) in [6.07, 6.45) is 3.31. The van der Waals surface area contributed by atoms with Crippen LogP contribution in [0, 0.1) is 6.92 Å². The predicted molar refractivity (Wildman–Crippen MR) is 91.1 cm³/mol. The molecule has 4 heteroatoms. The third-order valence-electron chi connectivity index (χ3n) is 4.18. The molecule has 0 saturated carbocycles. The molecule has 0 aliphatic carbocycles. The highest BCUT2D eigenvalue weighted by atomic mass is 15.1. The van der Waals surface area contributed by atoms with Gasteiger partial charge in [0.05, 0.1) is 5.69 Å². The SMILES string of the molecule is CCc1ccc(-c2cc(C)nc(NC3CCNCC3)n2)cc1. The lowest BCUT2D eigenvalue weighted by Crippen LogP contribution is -2.35. The van der Waals surface area contributed by atoms with Crippen molar-refractivity contribution in [3.63, 3.8) is 0 Å². The molecule has 3 rings (SSSR count). The number of anilines is 1. The first-order valence-electron chi connectivity index (χ1n) is 8.17. The first kappa shape index (κ1) is 15.0. The molecule has 4 nitrogen and oxygen atoms in total. The van der Waals surface area contributed by atoms with Gasteiger partial charge in [0.25, 0.3) is 0 Å². The molecule has 2 N–H and O–H groups in total. The Kier molecular flexibility index (Phi) is 4.68. The van der Waals surface area contributed by atoms with Crippen molar-refractivity contribution in [2.24, 2.45) is 0 Å². The van der Waals surface area contributed by atoms with E-state index >= 15 is 0 Å². The molecule has 2 heterocycles. The van der Waals surface area contributed by atoms with Gasteiger partial charge < -0.3 is 10.6 Å².